The molecule has 5 nitrogen and oxygen atoms in total. The van der Waals surface area contributed by atoms with Crippen molar-refractivity contribution in [1.29, 1.82) is 0 Å². The summed E-state index contributed by atoms with van der Waals surface area (Å²) in [5.74, 6) is 1.46. The molecule has 0 saturated heterocycles. The Hall–Kier alpha value is -1.75. The van der Waals surface area contributed by atoms with Gasteiger partial charge in [0.1, 0.15) is 5.75 Å². The summed E-state index contributed by atoms with van der Waals surface area (Å²) in [6.07, 6.45) is 1.68. The molecule has 0 radical (unpaired) electrons. The topological polar surface area (TPSA) is 70.6 Å². The van der Waals surface area contributed by atoms with Gasteiger partial charge in [-0.2, -0.15) is 0 Å². The molecule has 0 heterocycles. The third kappa shape index (κ3) is 6.49. The molecule has 0 spiro atoms. The highest BCUT2D eigenvalue weighted by Crippen LogP contribution is 2.22. The fourth-order valence-electron chi connectivity index (χ4n) is 2.30. The summed E-state index contributed by atoms with van der Waals surface area (Å²) in [5.41, 5.74) is 0.639. The van der Waals surface area contributed by atoms with Crippen LogP contribution in [0.5, 0.6) is 5.75 Å². The van der Waals surface area contributed by atoms with E-state index in [1.807, 2.05) is 12.1 Å². The van der Waals surface area contributed by atoms with E-state index in [1.54, 1.807) is 19.2 Å². The van der Waals surface area contributed by atoms with E-state index in [0.29, 0.717) is 36.2 Å². The van der Waals surface area contributed by atoms with Crippen LogP contribution in [0.15, 0.2) is 24.3 Å². The van der Waals surface area contributed by atoms with Crippen LogP contribution in [-0.2, 0) is 0 Å². The van der Waals surface area contributed by atoms with Crippen molar-refractivity contribution >= 4 is 11.7 Å². The Balaban J connectivity index is 2.48. The first-order chi connectivity index (χ1) is 10.1. The van der Waals surface area contributed by atoms with Crippen molar-refractivity contribution in [2.75, 3.05) is 25.6 Å². The number of aliphatic hydroxyl groups is 1. The quantitative estimate of drug-likeness (QED) is 0.690. The number of carbonyl (C=O) groups is 1. The van der Waals surface area contributed by atoms with Crippen molar-refractivity contribution in [3.05, 3.63) is 24.3 Å². The predicted molar refractivity (Wildman–Crippen MR) is 84.7 cm³/mol. The average molecular weight is 294 g/mol. The van der Waals surface area contributed by atoms with Crippen molar-refractivity contribution in [3.63, 3.8) is 0 Å². The second-order valence-corrected chi connectivity index (χ2v) is 5.54. The van der Waals surface area contributed by atoms with Gasteiger partial charge in [0.2, 0.25) is 0 Å². The molecule has 3 N–H and O–H groups in total. The summed E-state index contributed by atoms with van der Waals surface area (Å²) in [6, 6.07) is 7.01. The van der Waals surface area contributed by atoms with Gasteiger partial charge in [0.05, 0.1) is 12.8 Å². The van der Waals surface area contributed by atoms with E-state index >= 15 is 0 Å². The summed E-state index contributed by atoms with van der Waals surface area (Å²) in [5, 5.41) is 14.7. The zero-order valence-corrected chi connectivity index (χ0v) is 13.1. The van der Waals surface area contributed by atoms with E-state index < -0.39 is 0 Å². The summed E-state index contributed by atoms with van der Waals surface area (Å²) in [6.45, 7) is 4.98. The Labute approximate surface area is 126 Å². The summed E-state index contributed by atoms with van der Waals surface area (Å²) < 4.78 is 5.19. The number of nitrogens with one attached hydrogen (secondary N) is 2. The van der Waals surface area contributed by atoms with Crippen LogP contribution in [0.3, 0.4) is 0 Å². The number of para-hydroxylation sites is 2. The van der Waals surface area contributed by atoms with Gasteiger partial charge in [-0.25, -0.2) is 4.79 Å². The van der Waals surface area contributed by atoms with Crippen molar-refractivity contribution in [1.82, 2.24) is 5.32 Å². The molecule has 1 aromatic rings. The molecule has 1 atom stereocenters. The minimum Gasteiger partial charge on any atom is -0.495 e. The van der Waals surface area contributed by atoms with E-state index in [4.69, 9.17) is 9.84 Å². The fourth-order valence-corrected chi connectivity index (χ4v) is 2.30. The molecular formula is C16H26N2O3. The van der Waals surface area contributed by atoms with Crippen LogP contribution >= 0.6 is 0 Å². The molecular weight excluding hydrogens is 268 g/mol. The third-order valence-electron chi connectivity index (χ3n) is 3.25. The average Bonchev–Trinajstić information content (AvgIpc) is 2.45. The molecule has 0 aromatic heterocycles. The van der Waals surface area contributed by atoms with Gasteiger partial charge in [-0.15, -0.1) is 0 Å². The van der Waals surface area contributed by atoms with Gasteiger partial charge in [-0.1, -0.05) is 26.0 Å². The van der Waals surface area contributed by atoms with E-state index in [1.165, 1.54) is 0 Å². The normalized spacial score (nSPS) is 12.0. The van der Waals surface area contributed by atoms with Crippen molar-refractivity contribution in [2.45, 2.75) is 26.7 Å². The number of ether oxygens (including phenoxy) is 1. The van der Waals surface area contributed by atoms with Gasteiger partial charge in [0, 0.05) is 13.2 Å². The Morgan fingerprint density at radius 3 is 2.67 bits per heavy atom. The summed E-state index contributed by atoms with van der Waals surface area (Å²) >= 11 is 0. The predicted octanol–water partition coefficient (Wildman–Crippen LogP) is 2.86. The number of hydrogen-bond acceptors (Lipinski definition) is 3. The van der Waals surface area contributed by atoms with Crippen LogP contribution < -0.4 is 15.4 Å². The van der Waals surface area contributed by atoms with Gasteiger partial charge in [-0.3, -0.25) is 0 Å². The number of urea groups is 1. The maximum absolute atomic E-state index is 11.9. The Kier molecular flexibility index (Phi) is 7.61. The number of amides is 2. The van der Waals surface area contributed by atoms with E-state index in [0.717, 1.165) is 6.42 Å². The fraction of sp³-hybridized carbons (Fsp3) is 0.562. The van der Waals surface area contributed by atoms with E-state index in [-0.39, 0.29) is 12.6 Å². The molecule has 0 aliphatic carbocycles. The van der Waals surface area contributed by atoms with Gasteiger partial charge in [-0.05, 0) is 36.8 Å². The highest BCUT2D eigenvalue weighted by Gasteiger charge is 2.13. The van der Waals surface area contributed by atoms with Crippen LogP contribution in [0.4, 0.5) is 10.5 Å². The van der Waals surface area contributed by atoms with Crippen LogP contribution in [0.25, 0.3) is 0 Å². The minimum absolute atomic E-state index is 0.146. The summed E-state index contributed by atoms with van der Waals surface area (Å²) in [4.78, 5) is 11.9. The van der Waals surface area contributed by atoms with E-state index in [9.17, 15) is 4.79 Å². The SMILES string of the molecule is COc1ccccc1NC(=O)NCC(CCO)CC(C)C. The lowest BCUT2D eigenvalue weighted by Gasteiger charge is -2.19. The van der Waals surface area contributed by atoms with Crippen molar-refractivity contribution in [2.24, 2.45) is 11.8 Å². The molecule has 0 bridgehead atoms. The molecule has 1 aromatic carbocycles. The molecule has 21 heavy (non-hydrogen) atoms. The zero-order chi connectivity index (χ0) is 15.7. The number of aliphatic hydroxyl groups excluding tert-OH is 1. The molecule has 2 amide bonds. The van der Waals surface area contributed by atoms with Gasteiger partial charge in [0.25, 0.3) is 0 Å². The van der Waals surface area contributed by atoms with Gasteiger partial charge in [0.15, 0.2) is 0 Å². The van der Waals surface area contributed by atoms with Gasteiger partial charge >= 0.3 is 6.03 Å². The second kappa shape index (κ2) is 9.23. The van der Waals surface area contributed by atoms with Gasteiger partial charge < -0.3 is 20.5 Å². The lowest BCUT2D eigenvalue weighted by Crippen LogP contribution is -2.34. The van der Waals surface area contributed by atoms with E-state index in [2.05, 4.69) is 24.5 Å². The highest BCUT2D eigenvalue weighted by atomic mass is 16.5. The third-order valence-corrected chi connectivity index (χ3v) is 3.25. The first-order valence-corrected chi connectivity index (χ1v) is 7.35. The molecule has 118 valence electrons. The molecule has 0 aliphatic rings. The standard InChI is InChI=1S/C16H26N2O3/c1-12(2)10-13(8-9-19)11-17-16(20)18-14-6-4-5-7-15(14)21-3/h4-7,12-13,19H,8-11H2,1-3H3,(H2,17,18,20). The van der Waals surface area contributed by atoms with Crippen LogP contribution in [-0.4, -0.2) is 31.4 Å². The molecule has 1 rings (SSSR count). The molecule has 5 heteroatoms. The second-order valence-electron chi connectivity index (χ2n) is 5.54. The maximum Gasteiger partial charge on any atom is 0.319 e. The largest absolute Gasteiger partial charge is 0.495 e. The number of hydrogen-bond donors (Lipinski definition) is 3. The Morgan fingerprint density at radius 1 is 1.33 bits per heavy atom. The first-order valence-electron chi connectivity index (χ1n) is 7.35. The zero-order valence-electron chi connectivity index (χ0n) is 13.1. The number of carbonyl (C=O) groups excluding carboxylic acids is 1. The number of benzene rings is 1. The highest BCUT2D eigenvalue weighted by molar-refractivity contribution is 5.90. The number of rotatable bonds is 8. The van der Waals surface area contributed by atoms with Crippen LogP contribution in [0, 0.1) is 11.8 Å². The van der Waals surface area contributed by atoms with Crippen molar-refractivity contribution in [3.8, 4) is 5.75 Å². The van der Waals surface area contributed by atoms with Crippen molar-refractivity contribution < 1.29 is 14.6 Å². The molecule has 0 saturated carbocycles. The first kappa shape index (κ1) is 17.3. The Bertz CT molecular complexity index is 435. The summed E-state index contributed by atoms with van der Waals surface area (Å²) in [7, 11) is 1.57. The number of methoxy groups -OCH3 is 1. The maximum atomic E-state index is 11.9. The monoisotopic (exact) mass is 294 g/mol. The molecule has 1 unspecified atom stereocenters. The minimum atomic E-state index is -0.258. The number of anilines is 1. The van der Waals surface area contributed by atoms with Crippen LogP contribution in [0.1, 0.15) is 26.7 Å². The molecule has 0 fully saturated rings. The van der Waals surface area contributed by atoms with Crippen LogP contribution in [0.2, 0.25) is 0 Å². The Morgan fingerprint density at radius 2 is 2.05 bits per heavy atom. The molecule has 0 aliphatic heterocycles. The lowest BCUT2D eigenvalue weighted by atomic mass is 9.94. The smallest absolute Gasteiger partial charge is 0.319 e. The lowest BCUT2D eigenvalue weighted by molar-refractivity contribution is 0.231.